The highest BCUT2D eigenvalue weighted by atomic mass is 16.5. The second-order valence-electron chi connectivity index (χ2n) is 7.73. The monoisotopic (exact) mass is 422 g/mol. The number of carbonyl (C=O) groups is 1. The molecule has 0 saturated heterocycles. The van der Waals surface area contributed by atoms with Gasteiger partial charge in [-0.3, -0.25) is 9.20 Å². The first-order valence-electron chi connectivity index (χ1n) is 9.80. The molecule has 1 atom stereocenters. The number of pyridine rings is 1. The Labute approximate surface area is 183 Å². The first-order chi connectivity index (χ1) is 14.4. The molecule has 0 saturated carbocycles. The predicted octanol–water partition coefficient (Wildman–Crippen LogP) is 2.93. The van der Waals surface area contributed by atoms with E-state index in [1.165, 1.54) is 0 Å². The smallest absolute Gasteiger partial charge is 0.240 e. The van der Waals surface area contributed by atoms with E-state index in [-0.39, 0.29) is 19.9 Å². The minimum atomic E-state index is -1.05. The predicted molar refractivity (Wildman–Crippen MR) is 119 cm³/mol. The SMILES string of the molecule is C.CC(C)(N)C(=O)N[C@H](COCc1ccccc1)c1nnc2ccc(CCC#N)cn12. The van der Waals surface area contributed by atoms with Crippen LogP contribution in [0.2, 0.25) is 0 Å². The highest BCUT2D eigenvalue weighted by Crippen LogP contribution is 2.17. The van der Waals surface area contributed by atoms with Crippen molar-refractivity contribution in [1.82, 2.24) is 19.9 Å². The molecule has 1 aromatic carbocycles. The Bertz CT molecular complexity index is 1030. The van der Waals surface area contributed by atoms with Crippen LogP contribution in [0.25, 0.3) is 5.65 Å². The standard InChI is InChI=1S/C22H26N6O2.CH4/c1-22(2,24)21(29)25-18(15-30-14-17-7-4-3-5-8-17)20-27-26-19-11-10-16(9-6-12-23)13-28(19)20;/h3-5,7-8,10-11,13,18H,6,9,14-15,24H2,1-2H3,(H,25,29);1H4/t18-;/m1./s1. The highest BCUT2D eigenvalue weighted by molar-refractivity contribution is 5.85. The molecule has 2 aromatic heterocycles. The fourth-order valence-corrected chi connectivity index (χ4v) is 2.93. The van der Waals surface area contributed by atoms with E-state index in [1.807, 2.05) is 53.1 Å². The molecule has 0 radical (unpaired) electrons. The number of aromatic nitrogens is 3. The fraction of sp³-hybridized carbons (Fsp3) is 0.391. The number of nitrogens with zero attached hydrogens (tertiary/aromatic N) is 4. The number of amides is 1. The summed E-state index contributed by atoms with van der Waals surface area (Å²) < 4.78 is 7.71. The van der Waals surface area contributed by atoms with Crippen LogP contribution in [0, 0.1) is 11.3 Å². The third-order valence-electron chi connectivity index (χ3n) is 4.61. The number of aryl methyl sites for hydroxylation is 1. The van der Waals surface area contributed by atoms with Crippen molar-refractivity contribution in [2.75, 3.05) is 6.61 Å². The molecule has 0 fully saturated rings. The number of ether oxygens (including phenoxy) is 1. The normalized spacial score (nSPS) is 12.1. The van der Waals surface area contributed by atoms with Crippen LogP contribution in [0.15, 0.2) is 48.7 Å². The van der Waals surface area contributed by atoms with Gasteiger partial charge in [-0.2, -0.15) is 5.26 Å². The zero-order valence-corrected chi connectivity index (χ0v) is 17.2. The first kappa shape index (κ1) is 24.0. The molecular weight excluding hydrogens is 392 g/mol. The maximum atomic E-state index is 12.6. The summed E-state index contributed by atoms with van der Waals surface area (Å²) in [6.45, 7) is 3.90. The first-order valence-corrected chi connectivity index (χ1v) is 9.80. The van der Waals surface area contributed by atoms with Crippen molar-refractivity contribution < 1.29 is 9.53 Å². The topological polar surface area (TPSA) is 118 Å². The minimum absolute atomic E-state index is 0. The van der Waals surface area contributed by atoms with Crippen LogP contribution in [0.3, 0.4) is 0 Å². The van der Waals surface area contributed by atoms with Crippen molar-refractivity contribution in [2.45, 2.75) is 52.3 Å². The van der Waals surface area contributed by atoms with Crippen molar-refractivity contribution in [3.63, 3.8) is 0 Å². The lowest BCUT2D eigenvalue weighted by Gasteiger charge is -2.23. The number of nitrogens with one attached hydrogen (secondary N) is 1. The molecule has 0 bridgehead atoms. The van der Waals surface area contributed by atoms with Crippen LogP contribution in [0.5, 0.6) is 0 Å². The largest absolute Gasteiger partial charge is 0.374 e. The van der Waals surface area contributed by atoms with Crippen molar-refractivity contribution in [3.05, 3.63) is 65.6 Å². The third kappa shape index (κ3) is 6.35. The maximum absolute atomic E-state index is 12.6. The van der Waals surface area contributed by atoms with Gasteiger partial charge in [0.25, 0.3) is 0 Å². The third-order valence-corrected chi connectivity index (χ3v) is 4.61. The molecule has 3 aromatic rings. The van der Waals surface area contributed by atoms with E-state index in [0.717, 1.165) is 11.1 Å². The van der Waals surface area contributed by atoms with Crippen LogP contribution >= 0.6 is 0 Å². The fourth-order valence-electron chi connectivity index (χ4n) is 2.93. The molecule has 0 spiro atoms. The summed E-state index contributed by atoms with van der Waals surface area (Å²) in [6.07, 6.45) is 2.94. The van der Waals surface area contributed by atoms with Crippen LogP contribution in [-0.4, -0.2) is 32.7 Å². The van der Waals surface area contributed by atoms with Gasteiger partial charge >= 0.3 is 0 Å². The van der Waals surface area contributed by atoms with Gasteiger partial charge in [0, 0.05) is 12.6 Å². The van der Waals surface area contributed by atoms with E-state index in [1.54, 1.807) is 13.8 Å². The van der Waals surface area contributed by atoms with Gasteiger partial charge in [0.2, 0.25) is 5.91 Å². The van der Waals surface area contributed by atoms with Gasteiger partial charge in [-0.15, -0.1) is 10.2 Å². The van der Waals surface area contributed by atoms with Crippen LogP contribution in [-0.2, 0) is 22.6 Å². The Morgan fingerprint density at radius 2 is 1.97 bits per heavy atom. The molecule has 0 aliphatic rings. The van der Waals surface area contributed by atoms with E-state index in [2.05, 4.69) is 21.6 Å². The molecular formula is C23H30N6O2. The summed E-state index contributed by atoms with van der Waals surface area (Å²) in [7, 11) is 0. The molecule has 164 valence electrons. The molecule has 0 unspecified atom stereocenters. The Hall–Kier alpha value is -3.28. The maximum Gasteiger partial charge on any atom is 0.240 e. The molecule has 2 heterocycles. The van der Waals surface area contributed by atoms with Crippen LogP contribution in [0.1, 0.15) is 50.7 Å². The number of hydrogen-bond donors (Lipinski definition) is 2. The van der Waals surface area contributed by atoms with Gasteiger partial charge in [0.15, 0.2) is 11.5 Å². The summed E-state index contributed by atoms with van der Waals surface area (Å²) in [4.78, 5) is 12.6. The summed E-state index contributed by atoms with van der Waals surface area (Å²) in [5, 5.41) is 20.3. The van der Waals surface area contributed by atoms with Gasteiger partial charge in [0.1, 0.15) is 6.04 Å². The van der Waals surface area contributed by atoms with Gasteiger partial charge in [0.05, 0.1) is 24.8 Å². The van der Waals surface area contributed by atoms with E-state index >= 15 is 0 Å². The van der Waals surface area contributed by atoms with E-state index in [0.29, 0.717) is 30.9 Å². The van der Waals surface area contributed by atoms with Crippen molar-refractivity contribution in [1.29, 1.82) is 5.26 Å². The molecule has 0 aliphatic carbocycles. The quantitative estimate of drug-likeness (QED) is 0.547. The lowest BCUT2D eigenvalue weighted by atomic mass is 10.1. The molecule has 31 heavy (non-hydrogen) atoms. The van der Waals surface area contributed by atoms with Gasteiger partial charge < -0.3 is 15.8 Å². The highest BCUT2D eigenvalue weighted by Gasteiger charge is 2.28. The summed E-state index contributed by atoms with van der Waals surface area (Å²) in [6, 6.07) is 15.2. The Kier molecular flexibility index (Phi) is 8.25. The molecule has 8 heteroatoms. The van der Waals surface area contributed by atoms with Crippen LogP contribution in [0.4, 0.5) is 0 Å². The van der Waals surface area contributed by atoms with E-state index in [4.69, 9.17) is 15.7 Å². The number of hydrogen-bond acceptors (Lipinski definition) is 6. The van der Waals surface area contributed by atoms with Gasteiger partial charge in [-0.05, 0) is 37.5 Å². The number of carbonyl (C=O) groups excluding carboxylic acids is 1. The number of nitrogens with two attached hydrogens (primary N) is 1. The molecule has 0 aliphatic heterocycles. The van der Waals surface area contributed by atoms with Gasteiger partial charge in [-0.25, -0.2) is 0 Å². The van der Waals surface area contributed by atoms with E-state index in [9.17, 15) is 4.79 Å². The minimum Gasteiger partial charge on any atom is -0.374 e. The van der Waals surface area contributed by atoms with Crippen LogP contribution < -0.4 is 11.1 Å². The second kappa shape index (κ2) is 10.7. The zero-order chi connectivity index (χ0) is 21.6. The molecule has 3 N–H and O–H groups in total. The Balaban J connectivity index is 0.00000341. The molecule has 3 rings (SSSR count). The lowest BCUT2D eigenvalue weighted by molar-refractivity contribution is -0.126. The van der Waals surface area contributed by atoms with E-state index < -0.39 is 11.6 Å². The Morgan fingerprint density at radius 3 is 2.65 bits per heavy atom. The molecule has 8 nitrogen and oxygen atoms in total. The van der Waals surface area contributed by atoms with Crippen molar-refractivity contribution in [3.8, 4) is 6.07 Å². The lowest BCUT2D eigenvalue weighted by Crippen LogP contribution is -2.50. The van der Waals surface area contributed by atoms with Crippen molar-refractivity contribution >= 4 is 11.6 Å². The van der Waals surface area contributed by atoms with Crippen molar-refractivity contribution in [2.24, 2.45) is 5.73 Å². The summed E-state index contributed by atoms with van der Waals surface area (Å²) in [5.74, 6) is 0.239. The Morgan fingerprint density at radius 1 is 1.23 bits per heavy atom. The second-order valence-corrected chi connectivity index (χ2v) is 7.73. The number of fused-ring (bicyclic) bond motifs is 1. The number of benzene rings is 1. The number of nitriles is 1. The average molecular weight is 423 g/mol. The average Bonchev–Trinajstić information content (AvgIpc) is 3.14. The zero-order valence-electron chi connectivity index (χ0n) is 17.2. The summed E-state index contributed by atoms with van der Waals surface area (Å²) >= 11 is 0. The summed E-state index contributed by atoms with van der Waals surface area (Å²) in [5.41, 5.74) is 7.59. The number of rotatable bonds is 9. The molecule has 1 amide bonds. The van der Waals surface area contributed by atoms with Gasteiger partial charge in [-0.1, -0.05) is 43.8 Å².